The van der Waals surface area contributed by atoms with Crippen molar-refractivity contribution in [1.82, 2.24) is 4.57 Å². The van der Waals surface area contributed by atoms with Crippen LogP contribution in [-0.4, -0.2) is 32.5 Å². The van der Waals surface area contributed by atoms with Crippen LogP contribution in [0.15, 0.2) is 87.8 Å². The molecule has 0 bridgehead atoms. The van der Waals surface area contributed by atoms with Crippen LogP contribution in [0, 0.1) is 20.2 Å². The Morgan fingerprint density at radius 3 is 2.50 bits per heavy atom. The Bertz CT molecular complexity index is 1980. The third-order valence-corrected chi connectivity index (χ3v) is 7.49. The molecule has 0 saturated carbocycles. The van der Waals surface area contributed by atoms with E-state index in [0.29, 0.717) is 28.8 Å². The quantitative estimate of drug-likeness (QED) is 0.244. The first-order valence-corrected chi connectivity index (χ1v) is 13.1. The molecule has 3 aromatic carbocycles. The van der Waals surface area contributed by atoms with Gasteiger partial charge >= 0.3 is 5.69 Å². The number of ether oxygens (including phenoxy) is 1. The maximum Gasteiger partial charge on any atom is 0.318 e. The fourth-order valence-electron chi connectivity index (χ4n) is 4.58. The summed E-state index contributed by atoms with van der Waals surface area (Å²) in [5.74, 6) is -0.836. The monoisotopic (exact) mass is 587 g/mol. The van der Waals surface area contributed by atoms with Crippen molar-refractivity contribution in [2.24, 2.45) is 4.99 Å². The average Bonchev–Trinajstić information content (AvgIpc) is 3.27. The number of allylic oxidation sites excluding steroid dienone is 1. The number of benzene rings is 3. The number of amides is 1. The number of carbonyl (C=O) groups excluding carboxylic acids is 1. The van der Waals surface area contributed by atoms with Gasteiger partial charge in [-0.05, 0) is 42.8 Å². The van der Waals surface area contributed by atoms with E-state index in [0.717, 1.165) is 23.5 Å². The number of nitro groups is 2. The number of carbonyl (C=O) groups is 1. The Morgan fingerprint density at radius 1 is 1.10 bits per heavy atom. The zero-order chi connectivity index (χ0) is 30.1. The van der Waals surface area contributed by atoms with Gasteiger partial charge in [-0.2, -0.15) is 0 Å². The van der Waals surface area contributed by atoms with Gasteiger partial charge in [-0.25, -0.2) is 4.99 Å². The summed E-state index contributed by atoms with van der Waals surface area (Å²) in [7, 11) is 1.49. The number of nitro benzene ring substituents is 2. The number of aromatic nitrogens is 1. The number of methoxy groups -OCH3 is 1. The lowest BCUT2D eigenvalue weighted by molar-refractivity contribution is -0.394. The second-order valence-corrected chi connectivity index (χ2v) is 10.1. The topological polar surface area (TPSA) is 179 Å². The minimum absolute atomic E-state index is 0.0238. The van der Waals surface area contributed by atoms with Crippen molar-refractivity contribution in [2.75, 3.05) is 12.4 Å². The zero-order valence-electron chi connectivity index (χ0n) is 22.0. The summed E-state index contributed by atoms with van der Waals surface area (Å²) >= 11 is 0.904. The van der Waals surface area contributed by atoms with Gasteiger partial charge in [0, 0.05) is 17.3 Å². The van der Waals surface area contributed by atoms with Gasteiger partial charge in [0.15, 0.2) is 4.80 Å². The minimum atomic E-state index is -0.953. The maximum absolute atomic E-state index is 13.9. The van der Waals surface area contributed by atoms with E-state index in [1.165, 1.54) is 11.7 Å². The first kappa shape index (κ1) is 27.9. The number of nitrogens with one attached hydrogen (secondary N) is 1. The molecule has 1 aliphatic heterocycles. The molecule has 2 heterocycles. The Balaban J connectivity index is 1.73. The normalized spacial score (nSPS) is 14.6. The molecule has 0 saturated heterocycles. The number of rotatable bonds is 7. The number of hydrogen-bond donors (Lipinski definition) is 2. The van der Waals surface area contributed by atoms with Gasteiger partial charge < -0.3 is 15.2 Å². The van der Waals surface area contributed by atoms with Crippen LogP contribution < -0.4 is 24.9 Å². The zero-order valence-corrected chi connectivity index (χ0v) is 22.8. The van der Waals surface area contributed by atoms with Crippen LogP contribution in [0.1, 0.15) is 24.1 Å². The number of fused-ring (bicyclic) bond motifs is 1. The molecule has 1 amide bonds. The van der Waals surface area contributed by atoms with Crippen LogP contribution >= 0.6 is 11.3 Å². The maximum atomic E-state index is 13.9. The van der Waals surface area contributed by atoms with E-state index in [1.54, 1.807) is 61.5 Å². The Kier molecular flexibility index (Phi) is 7.37. The van der Waals surface area contributed by atoms with Crippen LogP contribution in [0.4, 0.5) is 17.1 Å². The standard InChI is InChI=1S/C28H21N5O8S/c1-15-23(26(35)30-18-8-4-3-5-9-18)24(16-7-6-10-20(12-16)41-2)31-27(36)22(42-28(31)29-15)13-17-11-19(32(37)38)14-21(25(17)34)33(39)40/h3-14,24,34H,1-2H3,(H,30,35)/b22-13-/t24-/m0/s1. The van der Waals surface area contributed by atoms with E-state index in [1.807, 2.05) is 0 Å². The summed E-state index contributed by atoms with van der Waals surface area (Å²) in [5, 5.41) is 36.2. The first-order valence-electron chi connectivity index (χ1n) is 12.3. The molecule has 2 N–H and O–H groups in total. The average molecular weight is 588 g/mol. The molecular formula is C28H21N5O8S. The van der Waals surface area contributed by atoms with Crippen LogP contribution in [0.5, 0.6) is 11.5 Å². The fraction of sp³-hybridized carbons (Fsp3) is 0.107. The van der Waals surface area contributed by atoms with Gasteiger partial charge in [0.05, 0.1) is 44.9 Å². The van der Waals surface area contributed by atoms with Gasteiger partial charge in [0.25, 0.3) is 17.2 Å². The predicted octanol–water partition coefficient (Wildman–Crippen LogP) is 3.40. The summed E-state index contributed by atoms with van der Waals surface area (Å²) in [6, 6.07) is 16.2. The van der Waals surface area contributed by atoms with Gasteiger partial charge in [-0.1, -0.05) is 41.7 Å². The largest absolute Gasteiger partial charge is 0.502 e. The molecule has 1 aromatic heterocycles. The number of para-hydroxylation sites is 1. The molecule has 0 unspecified atom stereocenters. The number of phenols is 1. The lowest BCUT2D eigenvalue weighted by Crippen LogP contribution is -2.40. The van der Waals surface area contributed by atoms with Crippen molar-refractivity contribution in [1.29, 1.82) is 0 Å². The third kappa shape index (κ3) is 5.13. The molecule has 14 heteroatoms. The highest BCUT2D eigenvalue weighted by molar-refractivity contribution is 7.07. The van der Waals surface area contributed by atoms with Gasteiger partial charge in [-0.3, -0.25) is 34.4 Å². The summed E-state index contributed by atoms with van der Waals surface area (Å²) in [6.07, 6.45) is 1.13. The number of phenolic OH excluding ortho intramolecular Hbond substituents is 1. The van der Waals surface area contributed by atoms with E-state index in [-0.39, 0.29) is 20.5 Å². The summed E-state index contributed by atoms with van der Waals surface area (Å²) in [6.45, 7) is 1.64. The second kappa shape index (κ2) is 11.1. The Labute approximate surface area is 240 Å². The summed E-state index contributed by atoms with van der Waals surface area (Å²) in [4.78, 5) is 53.3. The van der Waals surface area contributed by atoms with Crippen LogP contribution in [0.25, 0.3) is 6.08 Å². The number of nitrogens with zero attached hydrogens (tertiary/aromatic N) is 4. The van der Waals surface area contributed by atoms with E-state index in [4.69, 9.17) is 4.74 Å². The highest BCUT2D eigenvalue weighted by Gasteiger charge is 2.33. The van der Waals surface area contributed by atoms with Crippen molar-refractivity contribution in [3.8, 4) is 11.5 Å². The molecule has 0 radical (unpaired) electrons. The minimum Gasteiger partial charge on any atom is -0.502 e. The van der Waals surface area contributed by atoms with Gasteiger partial charge in [-0.15, -0.1) is 0 Å². The molecule has 0 aliphatic carbocycles. The second-order valence-electron chi connectivity index (χ2n) is 9.10. The third-order valence-electron chi connectivity index (χ3n) is 6.51. The molecule has 1 aliphatic rings. The molecule has 13 nitrogen and oxygen atoms in total. The van der Waals surface area contributed by atoms with Crippen LogP contribution in [0.2, 0.25) is 0 Å². The summed E-state index contributed by atoms with van der Waals surface area (Å²) in [5.41, 5.74) is -0.820. The van der Waals surface area contributed by atoms with Gasteiger partial charge in [0.2, 0.25) is 5.75 Å². The SMILES string of the molecule is COc1cccc([C@H]2C(C(=O)Nc3ccccc3)=C(C)N=c3s/c(=C\c4cc([N+](=O)[O-])cc([N+](=O)[O-])c4O)c(=O)n32)c1. The van der Waals surface area contributed by atoms with Crippen LogP contribution in [-0.2, 0) is 4.79 Å². The lowest BCUT2D eigenvalue weighted by Gasteiger charge is -2.25. The van der Waals surface area contributed by atoms with Crippen molar-refractivity contribution < 1.29 is 24.5 Å². The molecule has 5 rings (SSSR count). The highest BCUT2D eigenvalue weighted by atomic mass is 32.1. The molecule has 42 heavy (non-hydrogen) atoms. The number of hydrogen-bond acceptors (Lipinski definition) is 10. The van der Waals surface area contributed by atoms with Crippen LogP contribution in [0.3, 0.4) is 0 Å². The van der Waals surface area contributed by atoms with Crippen molar-refractivity contribution >= 4 is 40.4 Å². The van der Waals surface area contributed by atoms with Gasteiger partial charge in [0.1, 0.15) is 5.75 Å². The molecule has 212 valence electrons. The molecule has 4 aromatic rings. The smallest absolute Gasteiger partial charge is 0.318 e. The number of thiazole rings is 1. The van der Waals surface area contributed by atoms with E-state index < -0.39 is 44.5 Å². The molecule has 0 spiro atoms. The van der Waals surface area contributed by atoms with E-state index in [2.05, 4.69) is 10.3 Å². The predicted molar refractivity (Wildman–Crippen MR) is 153 cm³/mol. The summed E-state index contributed by atoms with van der Waals surface area (Å²) < 4.78 is 6.65. The molecular weight excluding hydrogens is 566 g/mol. The number of aromatic hydroxyl groups is 1. The Hall–Kier alpha value is -5.63. The van der Waals surface area contributed by atoms with Crippen molar-refractivity contribution in [3.63, 3.8) is 0 Å². The molecule has 1 atom stereocenters. The molecule has 0 fully saturated rings. The fourth-order valence-corrected chi connectivity index (χ4v) is 5.62. The van der Waals surface area contributed by atoms with Crippen molar-refractivity contribution in [2.45, 2.75) is 13.0 Å². The Morgan fingerprint density at radius 2 is 1.83 bits per heavy atom. The highest BCUT2D eigenvalue weighted by Crippen LogP contribution is 2.35. The lowest BCUT2D eigenvalue weighted by atomic mass is 9.95. The van der Waals surface area contributed by atoms with E-state index in [9.17, 15) is 34.9 Å². The van der Waals surface area contributed by atoms with Crippen molar-refractivity contribution in [3.05, 3.63) is 129 Å². The number of anilines is 1. The van der Waals surface area contributed by atoms with E-state index >= 15 is 0 Å². The first-order chi connectivity index (χ1) is 20.1. The number of non-ortho nitro benzene ring substituents is 1.